The minimum atomic E-state index is -4.38. The quantitative estimate of drug-likeness (QED) is 0.150. The van der Waals surface area contributed by atoms with E-state index < -0.39 is 34.3 Å². The summed E-state index contributed by atoms with van der Waals surface area (Å²) in [7, 11) is -4.38. The first kappa shape index (κ1) is 35.9. The van der Waals surface area contributed by atoms with Crippen LogP contribution in [0.2, 0.25) is 5.02 Å². The van der Waals surface area contributed by atoms with Crippen molar-refractivity contribution in [1.82, 2.24) is 10.2 Å². The lowest BCUT2D eigenvalue weighted by atomic mass is 9.94. The van der Waals surface area contributed by atoms with E-state index in [1.807, 2.05) is 43.3 Å². The molecule has 0 aromatic heterocycles. The summed E-state index contributed by atoms with van der Waals surface area (Å²) in [5.41, 5.74) is 1.73. The van der Waals surface area contributed by atoms with Crippen molar-refractivity contribution in [3.8, 4) is 5.75 Å². The first-order chi connectivity index (χ1) is 23.6. The Balaban J connectivity index is 1.56. The van der Waals surface area contributed by atoms with Crippen LogP contribution >= 0.6 is 11.6 Å². The highest BCUT2D eigenvalue weighted by atomic mass is 35.5. The van der Waals surface area contributed by atoms with Gasteiger partial charge in [0, 0.05) is 24.0 Å². The molecule has 1 N–H and O–H groups in total. The van der Waals surface area contributed by atoms with Gasteiger partial charge in [-0.15, -0.1) is 0 Å². The highest BCUT2D eigenvalue weighted by Crippen LogP contribution is 2.28. The monoisotopic (exact) mass is 705 g/mol. The van der Waals surface area contributed by atoms with Gasteiger partial charge < -0.3 is 15.0 Å². The highest BCUT2D eigenvalue weighted by molar-refractivity contribution is 7.92. The standard InChI is InChI=1S/C38H41ClFN3O5S/c1-2-48-34-20-18-33(19-21-34)43(49(46,47)35-22-16-31(40)17-23-35)27-37(44)42(26-29-12-9-13-30(39)24-29)36(25-28-10-5-3-6-11-28)38(45)41-32-14-7-4-8-15-32/h3,5-6,9-13,16-24,32,36H,2,4,7-8,14-15,25-27H2,1H3,(H,41,45). The van der Waals surface area contributed by atoms with E-state index in [1.54, 1.807) is 42.5 Å². The molecule has 0 spiro atoms. The second-order valence-electron chi connectivity index (χ2n) is 12.1. The summed E-state index contributed by atoms with van der Waals surface area (Å²) in [6.07, 6.45) is 5.05. The van der Waals surface area contributed by atoms with Crippen molar-refractivity contribution < 1.29 is 27.1 Å². The molecule has 0 bridgehead atoms. The van der Waals surface area contributed by atoms with Gasteiger partial charge in [-0.25, -0.2) is 12.8 Å². The first-order valence-corrected chi connectivity index (χ1v) is 18.3. The molecule has 1 unspecified atom stereocenters. The number of carbonyl (C=O) groups is 2. The topological polar surface area (TPSA) is 96.0 Å². The second-order valence-corrected chi connectivity index (χ2v) is 14.4. The number of anilines is 1. The van der Waals surface area contributed by atoms with Crippen molar-refractivity contribution in [1.29, 1.82) is 0 Å². The zero-order valence-corrected chi connectivity index (χ0v) is 29.0. The van der Waals surface area contributed by atoms with Crippen molar-refractivity contribution in [2.45, 2.75) is 69.0 Å². The number of amides is 2. The molecule has 1 saturated carbocycles. The number of benzene rings is 4. The molecule has 0 aliphatic heterocycles. The van der Waals surface area contributed by atoms with Gasteiger partial charge in [-0.2, -0.15) is 0 Å². The Bertz CT molecular complexity index is 1800. The van der Waals surface area contributed by atoms with E-state index in [0.29, 0.717) is 22.9 Å². The summed E-state index contributed by atoms with van der Waals surface area (Å²) < 4.78 is 48.7. The Morgan fingerprint density at radius 1 is 0.898 bits per heavy atom. The Morgan fingerprint density at radius 3 is 2.22 bits per heavy atom. The summed E-state index contributed by atoms with van der Waals surface area (Å²) in [4.78, 5) is 30.1. The molecule has 1 aliphatic carbocycles. The normalized spacial score (nSPS) is 14.1. The van der Waals surface area contributed by atoms with Crippen LogP contribution in [0.1, 0.15) is 50.2 Å². The lowest BCUT2D eigenvalue weighted by molar-refractivity contribution is -0.140. The fourth-order valence-electron chi connectivity index (χ4n) is 6.07. The Morgan fingerprint density at radius 2 is 1.57 bits per heavy atom. The van der Waals surface area contributed by atoms with E-state index in [0.717, 1.165) is 66.2 Å². The van der Waals surface area contributed by atoms with Crippen LogP contribution in [0.15, 0.2) is 108 Å². The minimum absolute atomic E-state index is 0.00267. The number of nitrogens with one attached hydrogen (secondary N) is 1. The van der Waals surface area contributed by atoms with Crippen LogP contribution in [0.3, 0.4) is 0 Å². The zero-order chi connectivity index (χ0) is 34.8. The molecular formula is C38H41ClFN3O5S. The van der Waals surface area contributed by atoms with Gasteiger partial charge in [-0.3, -0.25) is 13.9 Å². The second kappa shape index (κ2) is 16.8. The van der Waals surface area contributed by atoms with Crippen molar-refractivity contribution in [2.75, 3.05) is 17.5 Å². The van der Waals surface area contributed by atoms with Gasteiger partial charge in [-0.1, -0.05) is 73.3 Å². The predicted molar refractivity (Wildman–Crippen MR) is 189 cm³/mol. The number of ether oxygens (including phenoxy) is 1. The van der Waals surface area contributed by atoms with E-state index in [4.69, 9.17) is 16.3 Å². The summed E-state index contributed by atoms with van der Waals surface area (Å²) >= 11 is 6.34. The number of hydrogen-bond acceptors (Lipinski definition) is 5. The number of halogens is 2. The van der Waals surface area contributed by atoms with Crippen LogP contribution in [-0.4, -0.2) is 50.4 Å². The maximum Gasteiger partial charge on any atom is 0.264 e. The van der Waals surface area contributed by atoms with Crippen molar-refractivity contribution in [3.63, 3.8) is 0 Å². The summed E-state index contributed by atoms with van der Waals surface area (Å²) in [5.74, 6) is -0.968. The molecule has 4 aromatic rings. The summed E-state index contributed by atoms with van der Waals surface area (Å²) in [6, 6.07) is 26.2. The van der Waals surface area contributed by atoms with Crippen LogP contribution in [0.25, 0.3) is 0 Å². The van der Waals surface area contributed by atoms with Gasteiger partial charge in [0.2, 0.25) is 11.8 Å². The van der Waals surface area contributed by atoms with Crippen molar-refractivity contribution in [3.05, 3.63) is 125 Å². The van der Waals surface area contributed by atoms with Gasteiger partial charge in [0.1, 0.15) is 24.2 Å². The number of carbonyl (C=O) groups excluding carboxylic acids is 2. The summed E-state index contributed by atoms with van der Waals surface area (Å²) in [5, 5.41) is 3.66. The van der Waals surface area contributed by atoms with E-state index in [2.05, 4.69) is 5.32 Å². The molecular weight excluding hydrogens is 665 g/mol. The fourth-order valence-corrected chi connectivity index (χ4v) is 7.70. The minimum Gasteiger partial charge on any atom is -0.494 e. The fraction of sp³-hybridized carbons (Fsp3) is 0.316. The molecule has 0 saturated heterocycles. The third-order valence-electron chi connectivity index (χ3n) is 8.58. The van der Waals surface area contributed by atoms with Crippen LogP contribution in [0.4, 0.5) is 10.1 Å². The first-order valence-electron chi connectivity index (χ1n) is 16.5. The molecule has 49 heavy (non-hydrogen) atoms. The van der Waals surface area contributed by atoms with Gasteiger partial charge >= 0.3 is 0 Å². The average Bonchev–Trinajstić information content (AvgIpc) is 3.10. The molecule has 5 rings (SSSR count). The van der Waals surface area contributed by atoms with Crippen LogP contribution in [0.5, 0.6) is 5.75 Å². The number of sulfonamides is 1. The van der Waals surface area contributed by atoms with Gasteiger partial charge in [-0.05, 0) is 91.6 Å². The molecule has 2 amide bonds. The predicted octanol–water partition coefficient (Wildman–Crippen LogP) is 7.16. The number of nitrogens with zero attached hydrogens (tertiary/aromatic N) is 2. The molecule has 4 aromatic carbocycles. The Kier molecular flexibility index (Phi) is 12.3. The maximum atomic E-state index is 14.7. The van der Waals surface area contributed by atoms with E-state index >= 15 is 0 Å². The van der Waals surface area contributed by atoms with Gasteiger partial charge in [0.25, 0.3) is 10.0 Å². The van der Waals surface area contributed by atoms with E-state index in [-0.39, 0.29) is 35.5 Å². The molecule has 0 heterocycles. The highest BCUT2D eigenvalue weighted by Gasteiger charge is 2.35. The lowest BCUT2D eigenvalue weighted by Gasteiger charge is -2.35. The molecule has 1 atom stereocenters. The van der Waals surface area contributed by atoms with Gasteiger partial charge in [0.15, 0.2) is 0 Å². The van der Waals surface area contributed by atoms with Crippen LogP contribution in [-0.2, 0) is 32.6 Å². The van der Waals surface area contributed by atoms with Crippen LogP contribution in [0, 0.1) is 5.82 Å². The molecule has 258 valence electrons. The molecule has 1 aliphatic rings. The largest absolute Gasteiger partial charge is 0.494 e. The Hall–Kier alpha value is -4.41. The number of hydrogen-bond donors (Lipinski definition) is 1. The lowest BCUT2D eigenvalue weighted by Crippen LogP contribution is -2.55. The molecule has 0 radical (unpaired) electrons. The van der Waals surface area contributed by atoms with E-state index in [9.17, 15) is 22.4 Å². The zero-order valence-electron chi connectivity index (χ0n) is 27.4. The Labute approximate surface area is 292 Å². The SMILES string of the molecule is CCOc1ccc(N(CC(=O)N(Cc2cccc(Cl)c2)C(Cc2ccccc2)C(=O)NC2CCCCC2)S(=O)(=O)c2ccc(F)cc2)cc1. The van der Waals surface area contributed by atoms with Crippen molar-refractivity contribution in [2.24, 2.45) is 0 Å². The smallest absolute Gasteiger partial charge is 0.264 e. The number of rotatable bonds is 14. The maximum absolute atomic E-state index is 14.7. The van der Waals surface area contributed by atoms with Crippen LogP contribution < -0.4 is 14.4 Å². The molecule has 11 heteroatoms. The summed E-state index contributed by atoms with van der Waals surface area (Å²) in [6.45, 7) is 1.63. The third kappa shape index (κ3) is 9.61. The third-order valence-corrected chi connectivity index (χ3v) is 10.6. The van der Waals surface area contributed by atoms with E-state index in [1.165, 1.54) is 4.90 Å². The average molecular weight is 706 g/mol. The van der Waals surface area contributed by atoms with Gasteiger partial charge in [0.05, 0.1) is 17.2 Å². The molecule has 1 fully saturated rings. The van der Waals surface area contributed by atoms with Crippen molar-refractivity contribution >= 4 is 39.1 Å². The molecule has 8 nitrogen and oxygen atoms in total.